The third-order valence-corrected chi connectivity index (χ3v) is 0.465. The molecule has 0 aromatic carbocycles. The van der Waals surface area contributed by atoms with E-state index in [1.807, 2.05) is 0 Å². The molecule has 0 heterocycles. The Labute approximate surface area is 87.5 Å². The molecule has 0 saturated carbocycles. The fourth-order valence-corrected chi connectivity index (χ4v) is 0. The molecule has 0 atom stereocenters. The summed E-state index contributed by atoms with van der Waals surface area (Å²) in [6, 6.07) is 0. The summed E-state index contributed by atoms with van der Waals surface area (Å²) in [5, 5.41) is 23.1. The largest absolute Gasteiger partial charge is 0.668 e. The molecule has 8 nitrogen and oxygen atoms in total. The molecule has 0 aliphatic rings. The van der Waals surface area contributed by atoms with Crippen LogP contribution in [0.25, 0.3) is 0 Å². The lowest BCUT2D eigenvalue weighted by Crippen LogP contribution is -2.33. The van der Waals surface area contributed by atoms with Crippen molar-refractivity contribution >= 4 is 15.0 Å². The van der Waals surface area contributed by atoms with Gasteiger partial charge in [0, 0.05) is 5.57 Å². The number of carbonyl (C=O) groups is 1. The topological polar surface area (TPSA) is 159 Å². The number of rotatable bonds is 2. The van der Waals surface area contributed by atoms with Crippen molar-refractivity contribution in [1.82, 2.24) is 0 Å². The van der Waals surface area contributed by atoms with Crippen LogP contribution in [0.5, 0.6) is 0 Å². The highest BCUT2D eigenvalue weighted by Crippen LogP contribution is 1.81. The molecular weight excluding hydrogens is 228 g/mol. The second kappa shape index (κ2) is 11.3. The second-order valence-corrected chi connectivity index (χ2v) is 3.33. The third kappa shape index (κ3) is 94.1. The lowest BCUT2D eigenvalue weighted by Gasteiger charge is -1.91. The number of aliphatic hydroxyl groups is 2. The van der Waals surface area contributed by atoms with Gasteiger partial charge in [0.1, 0.15) is 0 Å². The maximum absolute atomic E-state index is 9.60. The third-order valence-electron chi connectivity index (χ3n) is 0.465. The summed E-state index contributed by atoms with van der Waals surface area (Å²) in [5.41, 5.74) is 0.176. The molecule has 0 saturated heterocycles. The summed E-state index contributed by atoms with van der Waals surface area (Å²) in [4.78, 5) is 38.9. The predicted molar refractivity (Wildman–Crippen MR) is 51.3 cm³/mol. The van der Waals surface area contributed by atoms with Crippen LogP contribution < -0.4 is 0 Å². The van der Waals surface area contributed by atoms with E-state index >= 15 is 0 Å². The standard InChI is InChI=1S/C4H6O2.C2H6O2.H4O4Si/c1-3(2)4(5)6;3-1-2-4;1-5(2,3)4/h1H2,2H3,(H,5,6);3-4H,1-2H2;1-4H. The molecule has 0 aliphatic heterocycles. The van der Waals surface area contributed by atoms with Gasteiger partial charge < -0.3 is 34.5 Å². The average Bonchev–Trinajstić information content (AvgIpc) is 2.01. The van der Waals surface area contributed by atoms with Crippen LogP contribution in [-0.4, -0.2) is 62.7 Å². The van der Waals surface area contributed by atoms with E-state index in [2.05, 4.69) is 6.58 Å². The molecule has 0 fully saturated rings. The minimum absolute atomic E-state index is 0.125. The Balaban J connectivity index is -0.000000147. The maximum atomic E-state index is 9.60. The normalized spacial score (nSPS) is 9.00. The smallest absolute Gasteiger partial charge is 0.478 e. The Morgan fingerprint density at radius 3 is 1.27 bits per heavy atom. The Hall–Kier alpha value is -0.813. The van der Waals surface area contributed by atoms with Crippen molar-refractivity contribution in [3.8, 4) is 0 Å². The van der Waals surface area contributed by atoms with Gasteiger partial charge in [0.25, 0.3) is 0 Å². The van der Waals surface area contributed by atoms with Gasteiger partial charge in [0.15, 0.2) is 0 Å². The quantitative estimate of drug-likeness (QED) is 0.200. The van der Waals surface area contributed by atoms with Crippen LogP contribution in [-0.2, 0) is 4.79 Å². The first-order valence-corrected chi connectivity index (χ1v) is 5.35. The zero-order chi connectivity index (χ0) is 13.1. The number of aliphatic hydroxyl groups excluding tert-OH is 2. The first-order valence-electron chi connectivity index (χ1n) is 3.56. The molecule has 0 bridgehead atoms. The van der Waals surface area contributed by atoms with E-state index in [9.17, 15) is 4.79 Å². The van der Waals surface area contributed by atoms with E-state index in [0.29, 0.717) is 0 Å². The minimum atomic E-state index is -4.61. The molecule has 9 heteroatoms. The molecule has 7 N–H and O–H groups in total. The minimum Gasteiger partial charge on any atom is -0.478 e. The van der Waals surface area contributed by atoms with E-state index in [4.69, 9.17) is 34.5 Å². The van der Waals surface area contributed by atoms with E-state index in [1.165, 1.54) is 6.92 Å². The fourth-order valence-electron chi connectivity index (χ4n) is 0. The van der Waals surface area contributed by atoms with Crippen molar-refractivity contribution in [1.29, 1.82) is 0 Å². The summed E-state index contributed by atoms with van der Waals surface area (Å²) >= 11 is 0. The molecule has 15 heavy (non-hydrogen) atoms. The summed E-state index contributed by atoms with van der Waals surface area (Å²) in [6.07, 6.45) is 0. The lowest BCUT2D eigenvalue weighted by molar-refractivity contribution is -0.132. The van der Waals surface area contributed by atoms with Crippen molar-refractivity contribution < 1.29 is 39.3 Å². The number of hydrogen-bond donors (Lipinski definition) is 7. The Bertz CT molecular complexity index is 154. The van der Waals surface area contributed by atoms with Crippen LogP contribution in [0.2, 0.25) is 0 Å². The van der Waals surface area contributed by atoms with Gasteiger partial charge in [0.2, 0.25) is 0 Å². The number of hydrogen-bond acceptors (Lipinski definition) is 7. The number of carboxylic acid groups (broad SMARTS) is 1. The van der Waals surface area contributed by atoms with Gasteiger partial charge in [-0.25, -0.2) is 4.79 Å². The molecule has 0 aromatic rings. The van der Waals surface area contributed by atoms with Gasteiger partial charge >= 0.3 is 15.0 Å². The summed E-state index contributed by atoms with van der Waals surface area (Å²) in [6.45, 7) is 4.35. The van der Waals surface area contributed by atoms with Crippen molar-refractivity contribution in [2.24, 2.45) is 0 Å². The highest BCUT2D eigenvalue weighted by atomic mass is 28.4. The van der Waals surface area contributed by atoms with E-state index in [0.717, 1.165) is 0 Å². The van der Waals surface area contributed by atoms with Gasteiger partial charge in [-0.05, 0) is 6.92 Å². The zero-order valence-corrected chi connectivity index (χ0v) is 9.16. The lowest BCUT2D eigenvalue weighted by atomic mass is 10.4. The SMILES string of the molecule is C=C(C)C(=O)O.OCCO.O[Si](O)(O)O. The molecule has 92 valence electrons. The Morgan fingerprint density at radius 2 is 1.27 bits per heavy atom. The molecule has 0 rings (SSSR count). The zero-order valence-electron chi connectivity index (χ0n) is 8.16. The summed E-state index contributed by atoms with van der Waals surface area (Å²) < 4.78 is 0. The van der Waals surface area contributed by atoms with Crippen molar-refractivity contribution in [2.45, 2.75) is 6.92 Å². The molecule has 0 unspecified atom stereocenters. The average molecular weight is 244 g/mol. The van der Waals surface area contributed by atoms with Crippen LogP contribution in [0.1, 0.15) is 6.92 Å². The van der Waals surface area contributed by atoms with E-state index < -0.39 is 15.0 Å². The molecular formula is C6H16O8Si. The van der Waals surface area contributed by atoms with Crippen molar-refractivity contribution in [2.75, 3.05) is 13.2 Å². The number of aliphatic carboxylic acids is 1. The second-order valence-electron chi connectivity index (χ2n) is 2.13. The monoisotopic (exact) mass is 244 g/mol. The summed E-state index contributed by atoms with van der Waals surface area (Å²) in [5.74, 6) is -0.935. The fraction of sp³-hybridized carbons (Fsp3) is 0.500. The van der Waals surface area contributed by atoms with Crippen molar-refractivity contribution in [3.63, 3.8) is 0 Å². The molecule has 0 radical (unpaired) electrons. The Morgan fingerprint density at radius 1 is 1.13 bits per heavy atom. The predicted octanol–water partition coefficient (Wildman–Crippen LogP) is -2.99. The number of carboxylic acids is 1. The van der Waals surface area contributed by atoms with E-state index in [1.54, 1.807) is 0 Å². The maximum Gasteiger partial charge on any atom is 0.668 e. The van der Waals surface area contributed by atoms with Gasteiger partial charge in [-0.3, -0.25) is 0 Å². The molecule has 0 aromatic heterocycles. The molecule has 0 amide bonds. The van der Waals surface area contributed by atoms with Crippen LogP contribution >= 0.6 is 0 Å². The van der Waals surface area contributed by atoms with Gasteiger partial charge in [0.05, 0.1) is 13.2 Å². The highest BCUT2D eigenvalue weighted by molar-refractivity contribution is 6.46. The summed E-state index contributed by atoms with van der Waals surface area (Å²) in [7, 11) is -4.61. The van der Waals surface area contributed by atoms with E-state index in [-0.39, 0.29) is 18.8 Å². The van der Waals surface area contributed by atoms with Crippen LogP contribution in [0.4, 0.5) is 0 Å². The molecule has 0 spiro atoms. The van der Waals surface area contributed by atoms with Crippen LogP contribution in [0.15, 0.2) is 12.2 Å². The van der Waals surface area contributed by atoms with Gasteiger partial charge in [-0.1, -0.05) is 6.58 Å². The Kier molecular flexibility index (Phi) is 14.8. The first kappa shape index (κ1) is 19.7. The molecule has 0 aliphatic carbocycles. The first-order chi connectivity index (χ1) is 6.56. The van der Waals surface area contributed by atoms with Gasteiger partial charge in [-0.2, -0.15) is 0 Å². The van der Waals surface area contributed by atoms with Crippen LogP contribution in [0.3, 0.4) is 0 Å². The van der Waals surface area contributed by atoms with Crippen LogP contribution in [0, 0.1) is 0 Å². The van der Waals surface area contributed by atoms with Crippen molar-refractivity contribution in [3.05, 3.63) is 12.2 Å². The highest BCUT2D eigenvalue weighted by Gasteiger charge is 2.22. The van der Waals surface area contributed by atoms with Gasteiger partial charge in [-0.15, -0.1) is 0 Å².